The van der Waals surface area contributed by atoms with E-state index >= 15 is 0 Å². The fourth-order valence-corrected chi connectivity index (χ4v) is 2.67. The maximum Gasteiger partial charge on any atom is 0.0558 e. The van der Waals surface area contributed by atoms with Crippen molar-refractivity contribution < 1.29 is 5.11 Å². The largest absolute Gasteiger partial charge is 0.395 e. The summed E-state index contributed by atoms with van der Waals surface area (Å²) in [6.07, 6.45) is 2.61. The number of piperidine rings is 1. The van der Waals surface area contributed by atoms with E-state index in [0.717, 1.165) is 25.7 Å². The Hall–Kier alpha value is 0.710. The predicted octanol–water partition coefficient (Wildman–Crippen LogP) is 0.614. The first-order chi connectivity index (χ1) is 7.40. The van der Waals surface area contributed by atoms with Crippen molar-refractivity contribution in [3.63, 3.8) is 0 Å². The lowest BCUT2D eigenvalue weighted by atomic mass is 10.0. The number of halogens is 3. The van der Waals surface area contributed by atoms with E-state index in [4.69, 9.17) is 5.11 Å². The van der Waals surface area contributed by atoms with Gasteiger partial charge in [0.05, 0.1) is 6.61 Å². The molecule has 0 saturated carbocycles. The van der Waals surface area contributed by atoms with Crippen molar-refractivity contribution in [3.8, 4) is 0 Å². The molecule has 0 aromatic rings. The Morgan fingerprint density at radius 1 is 0.944 bits per heavy atom. The molecular weight excluding hydrogens is 297 g/mol. The first-order valence-electron chi connectivity index (χ1n) is 6.18. The van der Waals surface area contributed by atoms with E-state index in [1.165, 1.54) is 39.0 Å². The fraction of sp³-hybridized carbons (Fsp3) is 1.00. The summed E-state index contributed by atoms with van der Waals surface area (Å²) in [6.45, 7) is 8.14. The van der Waals surface area contributed by atoms with Crippen LogP contribution in [-0.4, -0.2) is 73.4 Å². The molecule has 2 aliphatic heterocycles. The second-order valence-electron chi connectivity index (χ2n) is 4.58. The number of nitrogens with zero attached hydrogens (tertiary/aromatic N) is 2. The van der Waals surface area contributed by atoms with Crippen LogP contribution in [0.3, 0.4) is 0 Å². The first-order valence-corrected chi connectivity index (χ1v) is 6.18. The highest BCUT2D eigenvalue weighted by Crippen LogP contribution is 2.14. The maximum atomic E-state index is 8.87. The average Bonchev–Trinajstić information content (AvgIpc) is 2.32. The molecule has 0 bridgehead atoms. The van der Waals surface area contributed by atoms with Crippen LogP contribution in [0.4, 0.5) is 0 Å². The van der Waals surface area contributed by atoms with Crippen LogP contribution in [0.15, 0.2) is 0 Å². The third-order valence-corrected chi connectivity index (χ3v) is 3.65. The first kappa shape index (κ1) is 21.0. The molecule has 2 aliphatic rings. The normalized spacial score (nSPS) is 22.5. The Bertz CT molecular complexity index is 186. The number of aliphatic hydroxyl groups is 1. The van der Waals surface area contributed by atoms with Gasteiger partial charge in [0, 0.05) is 38.8 Å². The molecule has 2 N–H and O–H groups in total. The van der Waals surface area contributed by atoms with Gasteiger partial charge in [-0.1, -0.05) is 0 Å². The molecule has 2 heterocycles. The van der Waals surface area contributed by atoms with E-state index in [1.807, 2.05) is 0 Å². The van der Waals surface area contributed by atoms with E-state index in [0.29, 0.717) is 6.61 Å². The third-order valence-electron chi connectivity index (χ3n) is 3.65. The second-order valence-corrected chi connectivity index (χ2v) is 4.58. The minimum atomic E-state index is 0. The van der Waals surface area contributed by atoms with E-state index < -0.39 is 0 Å². The number of hydrogen-bond donors (Lipinski definition) is 2. The van der Waals surface area contributed by atoms with E-state index in [2.05, 4.69) is 15.1 Å². The van der Waals surface area contributed by atoms with Crippen molar-refractivity contribution in [3.05, 3.63) is 0 Å². The number of nitrogens with one attached hydrogen (secondary N) is 1. The lowest BCUT2D eigenvalue weighted by molar-refractivity contribution is 0.0723. The molecule has 0 aromatic carbocycles. The molecule has 0 radical (unpaired) electrons. The lowest BCUT2D eigenvalue weighted by Gasteiger charge is -2.40. The van der Waals surface area contributed by atoms with Crippen LogP contribution < -0.4 is 5.32 Å². The van der Waals surface area contributed by atoms with Gasteiger partial charge >= 0.3 is 0 Å². The SMILES string of the molecule is Cl.Cl.Cl.OCCN1CCN(C2CCNCC2)CC1. The van der Waals surface area contributed by atoms with Crippen molar-refractivity contribution in [2.45, 2.75) is 18.9 Å². The zero-order valence-corrected chi connectivity index (χ0v) is 13.2. The molecule has 18 heavy (non-hydrogen) atoms. The Labute approximate surface area is 129 Å². The van der Waals surface area contributed by atoms with Crippen LogP contribution in [0.1, 0.15) is 12.8 Å². The molecule has 0 spiro atoms. The molecule has 2 rings (SSSR count). The maximum absolute atomic E-state index is 8.87. The molecule has 2 saturated heterocycles. The van der Waals surface area contributed by atoms with E-state index in [9.17, 15) is 0 Å². The molecule has 112 valence electrons. The number of piperazine rings is 1. The molecule has 7 heteroatoms. The second kappa shape index (κ2) is 11.5. The topological polar surface area (TPSA) is 38.7 Å². The van der Waals surface area contributed by atoms with Gasteiger partial charge < -0.3 is 10.4 Å². The molecule has 0 amide bonds. The van der Waals surface area contributed by atoms with Crippen LogP contribution in [0, 0.1) is 0 Å². The highest BCUT2D eigenvalue weighted by Gasteiger charge is 2.24. The van der Waals surface area contributed by atoms with Crippen molar-refractivity contribution in [2.24, 2.45) is 0 Å². The van der Waals surface area contributed by atoms with Crippen molar-refractivity contribution in [2.75, 3.05) is 52.4 Å². The standard InChI is InChI=1S/C11H23N3O.3ClH/c15-10-9-13-5-7-14(8-6-13)11-1-3-12-4-2-11;;;/h11-12,15H,1-10H2;3*1H. The van der Waals surface area contributed by atoms with E-state index in [-0.39, 0.29) is 37.2 Å². The zero-order chi connectivity index (χ0) is 10.5. The van der Waals surface area contributed by atoms with Gasteiger partial charge in [-0.25, -0.2) is 0 Å². The highest BCUT2D eigenvalue weighted by molar-refractivity contribution is 5.86. The predicted molar refractivity (Wildman–Crippen MR) is 82.7 cm³/mol. The smallest absolute Gasteiger partial charge is 0.0558 e. The van der Waals surface area contributed by atoms with Gasteiger partial charge in [0.25, 0.3) is 0 Å². The summed E-state index contributed by atoms with van der Waals surface area (Å²) < 4.78 is 0. The molecule has 0 atom stereocenters. The third kappa shape index (κ3) is 6.24. The summed E-state index contributed by atoms with van der Waals surface area (Å²) in [5.41, 5.74) is 0. The van der Waals surface area contributed by atoms with E-state index in [1.54, 1.807) is 0 Å². The zero-order valence-electron chi connectivity index (χ0n) is 10.7. The molecule has 0 aliphatic carbocycles. The summed E-state index contributed by atoms with van der Waals surface area (Å²) in [5.74, 6) is 0. The Kier molecular flexibility index (Phi) is 13.5. The van der Waals surface area contributed by atoms with Crippen molar-refractivity contribution >= 4 is 37.2 Å². The van der Waals surface area contributed by atoms with Crippen LogP contribution in [0.25, 0.3) is 0 Å². The van der Waals surface area contributed by atoms with Gasteiger partial charge in [-0.15, -0.1) is 37.2 Å². The molecule has 0 aromatic heterocycles. The highest BCUT2D eigenvalue weighted by atomic mass is 35.5. The summed E-state index contributed by atoms with van der Waals surface area (Å²) in [4.78, 5) is 4.99. The van der Waals surface area contributed by atoms with Crippen molar-refractivity contribution in [1.29, 1.82) is 0 Å². The summed E-state index contributed by atoms with van der Waals surface area (Å²) in [5, 5.41) is 12.3. The van der Waals surface area contributed by atoms with Gasteiger partial charge in [0.15, 0.2) is 0 Å². The minimum Gasteiger partial charge on any atom is -0.395 e. The van der Waals surface area contributed by atoms with Crippen molar-refractivity contribution in [1.82, 2.24) is 15.1 Å². The quantitative estimate of drug-likeness (QED) is 0.799. The fourth-order valence-electron chi connectivity index (χ4n) is 2.67. The Balaban J connectivity index is 0. The van der Waals surface area contributed by atoms with Crippen LogP contribution in [0.5, 0.6) is 0 Å². The minimum absolute atomic E-state index is 0. The molecular formula is C11H26Cl3N3O. The summed E-state index contributed by atoms with van der Waals surface area (Å²) >= 11 is 0. The van der Waals surface area contributed by atoms with Crippen LogP contribution in [0.2, 0.25) is 0 Å². The Morgan fingerprint density at radius 3 is 2.00 bits per heavy atom. The molecule has 2 fully saturated rings. The van der Waals surface area contributed by atoms with Gasteiger partial charge in [-0.05, 0) is 25.9 Å². The molecule has 4 nitrogen and oxygen atoms in total. The average molecular weight is 323 g/mol. The van der Waals surface area contributed by atoms with Crippen LogP contribution >= 0.6 is 37.2 Å². The summed E-state index contributed by atoms with van der Waals surface area (Å²) in [7, 11) is 0. The number of β-amino-alcohol motifs (C(OH)–C–C–N with tert-alkyl or cyclic N) is 1. The van der Waals surface area contributed by atoms with Gasteiger partial charge in [-0.2, -0.15) is 0 Å². The monoisotopic (exact) mass is 321 g/mol. The van der Waals surface area contributed by atoms with Gasteiger partial charge in [0.2, 0.25) is 0 Å². The number of rotatable bonds is 3. The lowest BCUT2D eigenvalue weighted by Crippen LogP contribution is -2.53. The Morgan fingerprint density at radius 2 is 1.50 bits per heavy atom. The van der Waals surface area contributed by atoms with Gasteiger partial charge in [-0.3, -0.25) is 9.80 Å². The van der Waals surface area contributed by atoms with Crippen LogP contribution in [-0.2, 0) is 0 Å². The number of hydrogen-bond acceptors (Lipinski definition) is 4. The van der Waals surface area contributed by atoms with Gasteiger partial charge in [0.1, 0.15) is 0 Å². The summed E-state index contributed by atoms with van der Waals surface area (Å²) in [6, 6.07) is 0.808. The molecule has 0 unspecified atom stereocenters. The number of aliphatic hydroxyl groups excluding tert-OH is 1.